The van der Waals surface area contributed by atoms with Crippen LogP contribution in [-0.2, 0) is 9.59 Å². The average molecular weight is 452 g/mol. The van der Waals surface area contributed by atoms with Gasteiger partial charge in [-0.3, -0.25) is 4.79 Å². The van der Waals surface area contributed by atoms with Crippen molar-refractivity contribution < 1.29 is 49.0 Å². The monoisotopic (exact) mass is 451 g/mol. The minimum atomic E-state index is -1.30. The second-order valence-electron chi connectivity index (χ2n) is 6.68. The first-order valence-electron chi connectivity index (χ1n) is 8.01. The predicted octanol–water partition coefficient (Wildman–Crippen LogP) is -1.55. The number of hydrogen-bond acceptors (Lipinski definition) is 5. The fourth-order valence-corrected chi connectivity index (χ4v) is 5.07. The van der Waals surface area contributed by atoms with E-state index in [4.69, 9.17) is 23.2 Å². The summed E-state index contributed by atoms with van der Waals surface area (Å²) in [6.45, 7) is 3.47. The van der Waals surface area contributed by atoms with Crippen LogP contribution in [-0.4, -0.2) is 45.0 Å². The molecule has 0 aromatic heterocycles. The van der Waals surface area contributed by atoms with Gasteiger partial charge in [-0.05, 0) is 37.6 Å². The van der Waals surface area contributed by atoms with Crippen molar-refractivity contribution in [1.82, 2.24) is 15.5 Å². The normalized spacial score (nSPS) is 24.9. The van der Waals surface area contributed by atoms with Gasteiger partial charge in [0.15, 0.2) is 0 Å². The molecule has 2 aliphatic heterocycles. The number of carboxylic acids is 1. The van der Waals surface area contributed by atoms with Crippen LogP contribution in [0.3, 0.4) is 0 Å². The molecule has 1 aromatic rings. The van der Waals surface area contributed by atoms with Gasteiger partial charge in [0.05, 0.1) is 22.1 Å². The number of fused-ring (bicyclic) bond motifs is 1. The summed E-state index contributed by atoms with van der Waals surface area (Å²) >= 11 is 13.1. The Morgan fingerprint density at radius 3 is 2.57 bits per heavy atom. The van der Waals surface area contributed by atoms with E-state index in [0.717, 1.165) is 5.56 Å². The van der Waals surface area contributed by atoms with E-state index < -0.39 is 40.1 Å². The topological polar surface area (TPSA) is 102 Å². The Morgan fingerprint density at radius 1 is 1.29 bits per heavy atom. The van der Waals surface area contributed by atoms with Crippen molar-refractivity contribution in [1.29, 1.82) is 0 Å². The largest absolute Gasteiger partial charge is 1.00 e. The standard InChI is InChI=1S/C17H17Cl2N3O4S.Na/c1-17(2)12(15(24)25)22-13(23)11(14(22)27-17)21-16(26)20-6-5-8-3-4-9(18)10(19)7-8;/h3-7,11-12,14H,1-2H3,(H,24,25)(H2,20,21,26);/q;+1/p-1/b6-5+;/t11?,12-,14?;/m0./s1. The van der Waals surface area contributed by atoms with Crippen LogP contribution in [0.25, 0.3) is 6.08 Å². The van der Waals surface area contributed by atoms with Gasteiger partial charge in [0.25, 0.3) is 0 Å². The molecule has 11 heteroatoms. The second-order valence-corrected chi connectivity index (χ2v) is 9.27. The van der Waals surface area contributed by atoms with Crippen molar-refractivity contribution in [3.63, 3.8) is 0 Å². The first-order valence-corrected chi connectivity index (χ1v) is 9.65. The molecule has 3 amide bonds. The van der Waals surface area contributed by atoms with Crippen molar-refractivity contribution in [3.05, 3.63) is 40.0 Å². The zero-order chi connectivity index (χ0) is 19.9. The van der Waals surface area contributed by atoms with E-state index in [0.29, 0.717) is 10.0 Å². The van der Waals surface area contributed by atoms with E-state index in [-0.39, 0.29) is 29.6 Å². The van der Waals surface area contributed by atoms with E-state index in [1.54, 1.807) is 38.1 Å². The number of nitrogens with zero attached hydrogens (tertiary/aromatic N) is 1. The molecule has 2 heterocycles. The van der Waals surface area contributed by atoms with Crippen LogP contribution in [0.1, 0.15) is 19.4 Å². The summed E-state index contributed by atoms with van der Waals surface area (Å²) in [5.41, 5.74) is 0.737. The molecule has 3 atom stereocenters. The number of halogens is 2. The van der Waals surface area contributed by atoms with Gasteiger partial charge < -0.3 is 25.4 Å². The van der Waals surface area contributed by atoms with E-state index in [1.807, 2.05) is 0 Å². The number of carboxylic acid groups (broad SMARTS) is 1. The summed E-state index contributed by atoms with van der Waals surface area (Å²) in [6, 6.07) is 2.64. The van der Waals surface area contributed by atoms with Crippen molar-refractivity contribution in [2.45, 2.75) is 36.1 Å². The van der Waals surface area contributed by atoms with Crippen LogP contribution in [0.2, 0.25) is 10.0 Å². The zero-order valence-corrected chi connectivity index (χ0v) is 19.7. The average Bonchev–Trinajstić information content (AvgIpc) is 2.84. The predicted molar refractivity (Wildman–Crippen MR) is 102 cm³/mol. The van der Waals surface area contributed by atoms with Crippen LogP contribution in [0.5, 0.6) is 0 Å². The molecule has 28 heavy (non-hydrogen) atoms. The Morgan fingerprint density at radius 2 is 1.96 bits per heavy atom. The minimum absolute atomic E-state index is 0. The number of urea groups is 1. The summed E-state index contributed by atoms with van der Waals surface area (Å²) in [6.07, 6.45) is 3.03. The van der Waals surface area contributed by atoms with Crippen molar-refractivity contribution in [2.24, 2.45) is 0 Å². The van der Waals surface area contributed by atoms with Crippen LogP contribution < -0.4 is 45.3 Å². The minimum Gasteiger partial charge on any atom is -0.548 e. The third-order valence-corrected chi connectivity index (χ3v) is 6.70. The van der Waals surface area contributed by atoms with Crippen molar-refractivity contribution >= 4 is 58.9 Å². The molecule has 0 saturated carbocycles. The zero-order valence-electron chi connectivity index (χ0n) is 15.4. The molecular formula is C17H16Cl2N3NaO4S. The fraction of sp³-hybridized carbons (Fsp3) is 0.353. The summed E-state index contributed by atoms with van der Waals surface area (Å²) in [4.78, 5) is 36.9. The Bertz CT molecular complexity index is 852. The Kier molecular flexibility index (Phi) is 7.39. The number of carbonyl (C=O) groups excluding carboxylic acids is 3. The molecule has 144 valence electrons. The molecule has 2 N–H and O–H groups in total. The van der Waals surface area contributed by atoms with Gasteiger partial charge in [-0.1, -0.05) is 29.3 Å². The molecule has 2 aliphatic rings. The number of aliphatic carboxylic acids is 1. The Labute approximate surface area is 198 Å². The van der Waals surface area contributed by atoms with Gasteiger partial charge in [0, 0.05) is 10.9 Å². The quantitative estimate of drug-likeness (QED) is 0.426. The van der Waals surface area contributed by atoms with Crippen molar-refractivity contribution in [3.8, 4) is 0 Å². The second kappa shape index (κ2) is 8.85. The first kappa shape index (κ1) is 23.4. The maximum absolute atomic E-state index is 12.3. The number of benzene rings is 1. The molecule has 0 radical (unpaired) electrons. The van der Waals surface area contributed by atoms with E-state index in [9.17, 15) is 19.5 Å². The number of hydrogen-bond donors (Lipinski definition) is 2. The first-order chi connectivity index (χ1) is 12.6. The maximum Gasteiger partial charge on any atom is 1.00 e. The third-order valence-electron chi connectivity index (χ3n) is 4.38. The molecule has 0 bridgehead atoms. The van der Waals surface area contributed by atoms with Gasteiger partial charge in [0.2, 0.25) is 5.91 Å². The Hall–Kier alpha value is -0.900. The molecule has 2 unspecified atom stereocenters. The number of nitrogens with one attached hydrogen (secondary N) is 2. The van der Waals surface area contributed by atoms with E-state index in [1.165, 1.54) is 22.9 Å². The summed E-state index contributed by atoms with van der Waals surface area (Å²) in [5, 5.41) is 16.8. The Balaban J connectivity index is 0.00000280. The van der Waals surface area contributed by atoms with Gasteiger partial charge >= 0.3 is 35.6 Å². The summed E-state index contributed by atoms with van der Waals surface area (Å²) in [5.74, 6) is -1.73. The molecule has 0 aliphatic carbocycles. The molecular weight excluding hydrogens is 436 g/mol. The number of thioether (sulfide) groups is 1. The van der Waals surface area contributed by atoms with Crippen LogP contribution in [0.4, 0.5) is 4.79 Å². The third kappa shape index (κ3) is 4.47. The number of carbonyl (C=O) groups is 3. The van der Waals surface area contributed by atoms with E-state index >= 15 is 0 Å². The van der Waals surface area contributed by atoms with Crippen LogP contribution in [0, 0.1) is 0 Å². The number of β-lactam (4-membered cyclic amide) rings is 1. The summed E-state index contributed by atoms with van der Waals surface area (Å²) < 4.78 is -0.695. The van der Waals surface area contributed by atoms with Crippen LogP contribution >= 0.6 is 35.0 Å². The van der Waals surface area contributed by atoms with E-state index in [2.05, 4.69) is 10.6 Å². The molecule has 1 aromatic carbocycles. The molecule has 7 nitrogen and oxygen atoms in total. The molecule has 3 rings (SSSR count). The SMILES string of the molecule is CC1(C)SC2C(NC(=O)N/C=C/c3ccc(Cl)c(Cl)c3)C(=O)N2[C@H]1C(=O)[O-].[Na+]. The molecule has 0 spiro atoms. The van der Waals surface area contributed by atoms with Crippen molar-refractivity contribution in [2.75, 3.05) is 0 Å². The molecule has 2 saturated heterocycles. The number of amides is 3. The molecule has 2 fully saturated rings. The smallest absolute Gasteiger partial charge is 0.548 e. The fourth-order valence-electron chi connectivity index (χ4n) is 3.14. The summed E-state index contributed by atoms with van der Waals surface area (Å²) in [7, 11) is 0. The van der Waals surface area contributed by atoms with Gasteiger partial charge in [-0.15, -0.1) is 11.8 Å². The number of rotatable bonds is 4. The van der Waals surface area contributed by atoms with Gasteiger partial charge in [-0.25, -0.2) is 4.79 Å². The van der Waals surface area contributed by atoms with Gasteiger partial charge in [-0.2, -0.15) is 0 Å². The maximum atomic E-state index is 12.3. The van der Waals surface area contributed by atoms with Gasteiger partial charge in [0.1, 0.15) is 11.4 Å². The van der Waals surface area contributed by atoms with Crippen LogP contribution in [0.15, 0.2) is 24.4 Å².